The van der Waals surface area contributed by atoms with E-state index in [1.165, 1.54) is 5.56 Å². The molecule has 7 nitrogen and oxygen atoms in total. The number of likely N-dealkylation sites (tertiary alicyclic amines) is 1. The summed E-state index contributed by atoms with van der Waals surface area (Å²) in [5.41, 5.74) is 3.94. The van der Waals surface area contributed by atoms with Gasteiger partial charge >= 0.3 is 0 Å². The zero-order valence-electron chi connectivity index (χ0n) is 20.9. The molecule has 0 spiro atoms. The molecular formula is C28H35N3O4. The minimum atomic E-state index is -0.713. The molecule has 2 unspecified atom stereocenters. The van der Waals surface area contributed by atoms with Crippen LogP contribution >= 0.6 is 0 Å². The summed E-state index contributed by atoms with van der Waals surface area (Å²) in [6.07, 6.45) is 3.19. The number of hydrogen-bond donors (Lipinski definition) is 1. The Balaban J connectivity index is 1.42. The topological polar surface area (TPSA) is 79.0 Å². The quantitative estimate of drug-likeness (QED) is 0.585. The number of nitrogens with one attached hydrogen (secondary N) is 1. The second kappa shape index (κ2) is 10.9. The fourth-order valence-electron chi connectivity index (χ4n) is 4.84. The molecule has 0 aliphatic carbocycles. The summed E-state index contributed by atoms with van der Waals surface area (Å²) < 4.78 is 5.90. The molecule has 2 atom stereocenters. The lowest BCUT2D eigenvalue weighted by Gasteiger charge is -2.23. The molecule has 1 N–H and O–H groups in total. The smallest absolute Gasteiger partial charge is 0.260 e. The van der Waals surface area contributed by atoms with Crippen LogP contribution in [-0.4, -0.2) is 48.9 Å². The lowest BCUT2D eigenvalue weighted by Crippen LogP contribution is -2.38. The van der Waals surface area contributed by atoms with Crippen molar-refractivity contribution in [3.05, 3.63) is 59.2 Å². The van der Waals surface area contributed by atoms with Crippen LogP contribution in [0.4, 0.5) is 5.69 Å². The van der Waals surface area contributed by atoms with E-state index in [1.807, 2.05) is 68.1 Å². The number of carbonyl (C=O) groups is 3. The van der Waals surface area contributed by atoms with E-state index in [9.17, 15) is 14.4 Å². The molecule has 7 heteroatoms. The Bertz CT molecular complexity index is 1090. The minimum Gasteiger partial charge on any atom is -0.483 e. The first-order valence-corrected chi connectivity index (χ1v) is 12.6. The molecular weight excluding hydrogens is 442 g/mol. The number of carbonyl (C=O) groups excluding carboxylic acids is 3. The van der Waals surface area contributed by atoms with Crippen LogP contribution in [0.2, 0.25) is 0 Å². The zero-order chi connectivity index (χ0) is 24.9. The van der Waals surface area contributed by atoms with E-state index in [4.69, 9.17) is 4.74 Å². The van der Waals surface area contributed by atoms with Crippen molar-refractivity contribution in [2.45, 2.75) is 52.5 Å². The van der Waals surface area contributed by atoms with Crippen molar-refractivity contribution >= 4 is 23.4 Å². The summed E-state index contributed by atoms with van der Waals surface area (Å²) >= 11 is 0. The highest BCUT2D eigenvalue weighted by Crippen LogP contribution is 2.30. The number of para-hydroxylation sites is 1. The number of hydrogen-bond acceptors (Lipinski definition) is 4. The summed E-state index contributed by atoms with van der Waals surface area (Å²) in [6.45, 7) is 8.11. The van der Waals surface area contributed by atoms with Crippen LogP contribution in [0.25, 0.3) is 0 Å². The molecule has 2 aliphatic heterocycles. The monoisotopic (exact) mass is 477 g/mol. The summed E-state index contributed by atoms with van der Waals surface area (Å²) in [7, 11) is 0. The normalized spacial score (nSPS) is 18.6. The van der Waals surface area contributed by atoms with Crippen LogP contribution in [0.5, 0.6) is 5.75 Å². The average molecular weight is 478 g/mol. The van der Waals surface area contributed by atoms with Crippen molar-refractivity contribution < 1.29 is 19.1 Å². The summed E-state index contributed by atoms with van der Waals surface area (Å²) in [4.78, 5) is 42.3. The molecule has 0 bridgehead atoms. The third-order valence-electron chi connectivity index (χ3n) is 7.15. The number of aryl methyl sites for hydroxylation is 2. The highest BCUT2D eigenvalue weighted by Gasteiger charge is 2.38. The second-order valence-corrected chi connectivity index (χ2v) is 9.48. The molecule has 2 aromatic rings. The number of rotatable bonds is 8. The highest BCUT2D eigenvalue weighted by molar-refractivity contribution is 6.09. The summed E-state index contributed by atoms with van der Waals surface area (Å²) in [5, 5.41) is 3.07. The molecule has 3 amide bonds. The maximum Gasteiger partial charge on any atom is 0.260 e. The van der Waals surface area contributed by atoms with Crippen molar-refractivity contribution in [1.82, 2.24) is 10.2 Å². The predicted octanol–water partition coefficient (Wildman–Crippen LogP) is 3.93. The van der Waals surface area contributed by atoms with Crippen LogP contribution in [-0.2, 0) is 14.4 Å². The fraction of sp³-hybridized carbons (Fsp3) is 0.464. The van der Waals surface area contributed by atoms with Gasteiger partial charge in [0.25, 0.3) is 5.91 Å². The van der Waals surface area contributed by atoms with Crippen LogP contribution in [0.3, 0.4) is 0 Å². The van der Waals surface area contributed by atoms with E-state index in [0.29, 0.717) is 25.1 Å². The number of anilines is 1. The standard InChI is InChI=1S/C28H35N3O4/c1-4-24(22-9-5-6-10-25(22)35-18-26(32)30-14-7-8-15-30)29-27(33)23-13-16-31(28(23)34)21-12-11-19(2)20(3)17-21/h5-6,9-12,17,23-24H,4,7-8,13-16,18H2,1-3H3,(H,29,33). The average Bonchev–Trinajstić information content (AvgIpc) is 3.53. The van der Waals surface area contributed by atoms with Gasteiger partial charge in [-0.15, -0.1) is 0 Å². The third-order valence-corrected chi connectivity index (χ3v) is 7.15. The van der Waals surface area contributed by atoms with Gasteiger partial charge in [-0.25, -0.2) is 0 Å². The van der Waals surface area contributed by atoms with Crippen molar-refractivity contribution in [3.63, 3.8) is 0 Å². The Kier molecular flexibility index (Phi) is 7.73. The lowest BCUT2D eigenvalue weighted by molar-refractivity contribution is -0.133. The van der Waals surface area contributed by atoms with E-state index < -0.39 is 5.92 Å². The molecule has 35 heavy (non-hydrogen) atoms. The van der Waals surface area contributed by atoms with Gasteiger partial charge in [0.05, 0.1) is 6.04 Å². The second-order valence-electron chi connectivity index (χ2n) is 9.48. The molecule has 0 aromatic heterocycles. The first-order valence-electron chi connectivity index (χ1n) is 12.6. The van der Waals surface area contributed by atoms with Crippen molar-refractivity contribution in [3.8, 4) is 5.75 Å². The largest absolute Gasteiger partial charge is 0.483 e. The van der Waals surface area contributed by atoms with Gasteiger partial charge in [-0.05, 0) is 68.9 Å². The van der Waals surface area contributed by atoms with Gasteiger partial charge in [-0.1, -0.05) is 31.2 Å². The molecule has 2 aliphatic rings. The van der Waals surface area contributed by atoms with E-state index in [1.54, 1.807) is 4.90 Å². The van der Waals surface area contributed by atoms with Crippen LogP contribution in [0.15, 0.2) is 42.5 Å². The molecule has 0 radical (unpaired) electrons. The van der Waals surface area contributed by atoms with Gasteiger partial charge in [-0.2, -0.15) is 0 Å². The van der Waals surface area contributed by atoms with E-state index in [0.717, 1.165) is 42.7 Å². The third kappa shape index (κ3) is 5.50. The van der Waals surface area contributed by atoms with Crippen molar-refractivity contribution in [1.29, 1.82) is 0 Å². The SMILES string of the molecule is CCC(NC(=O)C1CCN(c2ccc(C)c(C)c2)C1=O)c1ccccc1OCC(=O)N1CCCC1. The summed E-state index contributed by atoms with van der Waals surface area (Å²) in [5.74, 6) is -0.577. The highest BCUT2D eigenvalue weighted by atomic mass is 16.5. The van der Waals surface area contributed by atoms with Crippen molar-refractivity contribution in [2.24, 2.45) is 5.92 Å². The Morgan fingerprint density at radius 3 is 2.51 bits per heavy atom. The lowest BCUT2D eigenvalue weighted by atomic mass is 10.0. The first-order chi connectivity index (χ1) is 16.9. The Hall–Kier alpha value is -3.35. The van der Waals surface area contributed by atoms with Gasteiger partial charge < -0.3 is 19.9 Å². The molecule has 2 saturated heterocycles. The Labute approximate surface area is 207 Å². The van der Waals surface area contributed by atoms with Crippen molar-refractivity contribution in [2.75, 3.05) is 31.1 Å². The molecule has 4 rings (SSSR count). The molecule has 2 fully saturated rings. The van der Waals surface area contributed by atoms with Crippen LogP contribution in [0, 0.1) is 19.8 Å². The molecule has 0 saturated carbocycles. The van der Waals surface area contributed by atoms with Gasteiger partial charge in [0.2, 0.25) is 11.8 Å². The number of ether oxygens (including phenoxy) is 1. The number of nitrogens with zero attached hydrogens (tertiary/aromatic N) is 2. The summed E-state index contributed by atoms with van der Waals surface area (Å²) in [6, 6.07) is 13.1. The number of amides is 3. The Morgan fingerprint density at radius 1 is 1.06 bits per heavy atom. The molecule has 186 valence electrons. The fourth-order valence-corrected chi connectivity index (χ4v) is 4.84. The van der Waals surface area contributed by atoms with Gasteiger partial charge in [0.15, 0.2) is 6.61 Å². The van der Waals surface area contributed by atoms with Crippen LogP contribution in [0.1, 0.15) is 55.3 Å². The van der Waals surface area contributed by atoms with E-state index in [2.05, 4.69) is 5.32 Å². The predicted molar refractivity (Wildman–Crippen MR) is 135 cm³/mol. The maximum absolute atomic E-state index is 13.2. The van der Waals surface area contributed by atoms with Crippen LogP contribution < -0.4 is 15.0 Å². The molecule has 2 heterocycles. The number of benzene rings is 2. The van der Waals surface area contributed by atoms with E-state index in [-0.39, 0.29) is 30.4 Å². The van der Waals surface area contributed by atoms with Gasteiger partial charge in [0, 0.05) is 30.9 Å². The zero-order valence-corrected chi connectivity index (χ0v) is 20.9. The van der Waals surface area contributed by atoms with Gasteiger partial charge in [-0.3, -0.25) is 14.4 Å². The van der Waals surface area contributed by atoms with Gasteiger partial charge in [0.1, 0.15) is 11.7 Å². The Morgan fingerprint density at radius 2 is 1.80 bits per heavy atom. The van der Waals surface area contributed by atoms with E-state index >= 15 is 0 Å². The minimum absolute atomic E-state index is 0.0163. The molecule has 2 aromatic carbocycles. The maximum atomic E-state index is 13.2. The first kappa shape index (κ1) is 24.8.